The van der Waals surface area contributed by atoms with Gasteiger partial charge in [-0.2, -0.15) is 4.31 Å². The summed E-state index contributed by atoms with van der Waals surface area (Å²) >= 11 is 25.8. The summed E-state index contributed by atoms with van der Waals surface area (Å²) in [6.45, 7) is 4.39. The van der Waals surface area contributed by atoms with E-state index in [-0.39, 0.29) is 137 Å². The maximum atomic E-state index is 14.1. The van der Waals surface area contributed by atoms with Gasteiger partial charge in [0.25, 0.3) is 0 Å². The summed E-state index contributed by atoms with van der Waals surface area (Å²) in [6, 6.07) is 33.0. The summed E-state index contributed by atoms with van der Waals surface area (Å²) in [4.78, 5) is 4.50. The van der Waals surface area contributed by atoms with Crippen LogP contribution in [0.5, 0.6) is 0 Å². The zero-order valence-electron chi connectivity index (χ0n) is 48.6. The lowest BCUT2D eigenvalue weighted by atomic mass is 9.85. The minimum absolute atomic E-state index is 0.0173. The molecule has 0 amide bonds. The number of nitrogens with one attached hydrogen (secondary N) is 2. The van der Waals surface area contributed by atoms with E-state index in [0.29, 0.717) is 57.4 Å². The first-order valence-corrected chi connectivity index (χ1v) is 35.7. The molecule has 2 aliphatic heterocycles. The van der Waals surface area contributed by atoms with Crippen LogP contribution in [0.4, 0.5) is 0 Å². The number of nitrogens with zero attached hydrogens (tertiary/aromatic N) is 3. The Kier molecular flexibility index (Phi) is 25.6. The number of sulfonamides is 4. The number of benzene rings is 6. The molecule has 2 aliphatic rings. The first-order valence-electron chi connectivity index (χ1n) is 28.2. The van der Waals surface area contributed by atoms with E-state index in [1.165, 1.54) is 28.6 Å². The average molecular weight is 1370 g/mol. The van der Waals surface area contributed by atoms with Crippen LogP contribution in [0, 0.1) is 0 Å². The lowest BCUT2D eigenvalue weighted by Gasteiger charge is -2.33. The summed E-state index contributed by atoms with van der Waals surface area (Å²) in [5, 5.41) is 7.44. The van der Waals surface area contributed by atoms with E-state index in [1.807, 2.05) is 38.4 Å². The van der Waals surface area contributed by atoms with E-state index in [1.54, 1.807) is 72.8 Å². The summed E-state index contributed by atoms with van der Waals surface area (Å²) in [5.74, 6) is -0.255. The lowest BCUT2D eigenvalue weighted by molar-refractivity contribution is 0.00895. The van der Waals surface area contributed by atoms with Crippen LogP contribution in [-0.4, -0.2) is 180 Å². The van der Waals surface area contributed by atoms with E-state index in [0.717, 1.165) is 33.4 Å². The normalized spacial score (nSPS) is 16.0. The van der Waals surface area contributed by atoms with Crippen molar-refractivity contribution in [1.29, 1.82) is 0 Å². The van der Waals surface area contributed by atoms with E-state index in [2.05, 4.69) is 19.2 Å². The molecular weight excluding hydrogens is 1300 g/mol. The number of halogens is 4. The quantitative estimate of drug-likeness (QED) is 0.0326. The molecule has 2 heterocycles. The van der Waals surface area contributed by atoms with E-state index < -0.39 is 40.1 Å². The largest absolute Gasteiger partial charge is 0.378 e. The Bertz CT molecular complexity index is 3610. The fraction of sp³-hybridized carbons (Fsp3) is 0.400. The Morgan fingerprint density at radius 2 is 0.830 bits per heavy atom. The molecule has 4 N–H and O–H groups in total. The van der Waals surface area contributed by atoms with E-state index in [9.17, 15) is 33.7 Å². The van der Waals surface area contributed by atoms with Gasteiger partial charge in [0.1, 0.15) is 0 Å². The van der Waals surface area contributed by atoms with Gasteiger partial charge in [-0.3, -0.25) is 0 Å². The molecule has 6 aromatic carbocycles. The standard InChI is InChI=1S/C60H72Cl4N6O14S4/c1-68-39-55(53-35-47(61)37-59(63)57(53)41-68)45-5-3-7-51(33-45)86(73,74)66-17-21-79-25-29-83-31-27-81-23-19-70(88(77,78)50-15-11-44(12-16-50)43-9-13-49(14-10-43)85(65,71)72)20-24-82-28-32-84-30-26-80-22-18-67-87(75,76)52-8-4-6-46(34-52)56-40-69(2)42-58-54(56)36-48(62)38-60(58)64/h3-16,33-38,55-56,66-67H,17-32,39-42H2,1-2H3,(H2,65,71,72). The van der Waals surface area contributed by atoms with Crippen LogP contribution < -0.4 is 14.6 Å². The number of fused-ring (bicyclic) bond motifs is 2. The van der Waals surface area contributed by atoms with Crippen LogP contribution in [0.15, 0.2) is 141 Å². The fourth-order valence-electron chi connectivity index (χ4n) is 10.3. The highest BCUT2D eigenvalue weighted by atomic mass is 35.5. The van der Waals surface area contributed by atoms with Crippen molar-refractivity contribution in [1.82, 2.24) is 23.5 Å². The van der Waals surface area contributed by atoms with Gasteiger partial charge in [-0.05, 0) is 131 Å². The SMILES string of the molecule is CN1Cc2c(Cl)cc(Cl)cc2C(c2cccc(S(=O)(=O)NCCOCCOCCOCCN(CCOCCOCCOCCNS(=O)(=O)c3cccc(C4CN(C)Cc5c(Cl)cc(Cl)cc54)c3)S(=O)(=O)c3ccc(-c4ccc(S(N)(=O)=O)cc4)cc3)c2)C1. The average Bonchev–Trinajstić information content (AvgIpc) is 1.02. The molecule has 2 atom stereocenters. The smallest absolute Gasteiger partial charge is 0.243 e. The topological polar surface area (TPSA) is 252 Å². The van der Waals surface area contributed by atoms with Crippen LogP contribution in [0.1, 0.15) is 45.2 Å². The number of hydrogen-bond donors (Lipinski definition) is 3. The van der Waals surface area contributed by atoms with Crippen molar-refractivity contribution in [2.45, 2.75) is 44.5 Å². The maximum absolute atomic E-state index is 14.1. The molecule has 478 valence electrons. The van der Waals surface area contributed by atoms with Gasteiger partial charge in [0.2, 0.25) is 40.1 Å². The van der Waals surface area contributed by atoms with Crippen LogP contribution in [0.2, 0.25) is 20.1 Å². The predicted octanol–water partition coefficient (Wildman–Crippen LogP) is 7.82. The molecular formula is C60H72Cl4N6O14S4. The Morgan fingerprint density at radius 3 is 1.22 bits per heavy atom. The fourth-order valence-corrected chi connectivity index (χ4v) is 15.5. The Balaban J connectivity index is 0.728. The van der Waals surface area contributed by atoms with Crippen molar-refractivity contribution < 1.29 is 62.1 Å². The molecule has 0 fully saturated rings. The van der Waals surface area contributed by atoms with Crippen molar-refractivity contribution in [3.8, 4) is 11.1 Å². The maximum Gasteiger partial charge on any atom is 0.243 e. The molecule has 0 saturated carbocycles. The molecule has 0 saturated heterocycles. The van der Waals surface area contributed by atoms with Gasteiger partial charge in [0, 0.05) is 84.3 Å². The highest BCUT2D eigenvalue weighted by molar-refractivity contribution is 7.90. The summed E-state index contributed by atoms with van der Waals surface area (Å²) < 4.78 is 145. The van der Waals surface area contributed by atoms with Crippen molar-refractivity contribution in [2.24, 2.45) is 5.14 Å². The second-order valence-corrected chi connectivity index (χ2v) is 29.7. The summed E-state index contributed by atoms with van der Waals surface area (Å²) in [7, 11) is -11.7. The first kappa shape index (κ1) is 69.7. The van der Waals surface area contributed by atoms with Gasteiger partial charge in [-0.15, -0.1) is 0 Å². The number of primary sulfonamides is 1. The zero-order chi connectivity index (χ0) is 63.1. The monoisotopic (exact) mass is 1370 g/mol. The Hall–Kier alpha value is -4.20. The molecule has 6 aromatic rings. The van der Waals surface area contributed by atoms with Gasteiger partial charge >= 0.3 is 0 Å². The third-order valence-corrected chi connectivity index (χ3v) is 21.5. The zero-order valence-corrected chi connectivity index (χ0v) is 54.9. The van der Waals surface area contributed by atoms with Crippen LogP contribution in [0.3, 0.4) is 0 Å². The minimum Gasteiger partial charge on any atom is -0.378 e. The van der Waals surface area contributed by atoms with Crippen molar-refractivity contribution in [3.63, 3.8) is 0 Å². The molecule has 2 unspecified atom stereocenters. The highest BCUT2D eigenvalue weighted by Gasteiger charge is 2.31. The van der Waals surface area contributed by atoms with Gasteiger partial charge in [-0.1, -0.05) is 94.9 Å². The lowest BCUT2D eigenvalue weighted by Crippen LogP contribution is -2.37. The van der Waals surface area contributed by atoms with Crippen molar-refractivity contribution in [3.05, 3.63) is 175 Å². The minimum atomic E-state index is -4.07. The number of hydrogen-bond acceptors (Lipinski definition) is 16. The van der Waals surface area contributed by atoms with Gasteiger partial charge in [0.15, 0.2) is 0 Å². The van der Waals surface area contributed by atoms with E-state index >= 15 is 0 Å². The Morgan fingerprint density at radius 1 is 0.466 bits per heavy atom. The van der Waals surface area contributed by atoms with Gasteiger partial charge in [-0.25, -0.2) is 48.3 Å². The molecule has 8 rings (SSSR count). The molecule has 20 nitrogen and oxygen atoms in total. The molecule has 28 heteroatoms. The second kappa shape index (κ2) is 32.4. The molecule has 0 bridgehead atoms. The second-order valence-electron chi connectivity index (χ2n) is 21.0. The summed E-state index contributed by atoms with van der Waals surface area (Å²) in [5.41, 5.74) is 6.84. The predicted molar refractivity (Wildman–Crippen MR) is 339 cm³/mol. The number of likely N-dealkylation sites (N-methyl/N-ethyl adjacent to an activating group) is 2. The third-order valence-electron chi connectivity index (χ3n) is 14.7. The molecule has 0 aromatic heterocycles. The van der Waals surface area contributed by atoms with Crippen molar-refractivity contribution >= 4 is 86.5 Å². The molecule has 0 radical (unpaired) electrons. The number of ether oxygens (including phenoxy) is 6. The first-order chi connectivity index (χ1) is 42.0. The number of rotatable bonds is 34. The molecule has 0 aliphatic carbocycles. The highest BCUT2D eigenvalue weighted by Crippen LogP contribution is 2.41. The van der Waals surface area contributed by atoms with Gasteiger partial charge in [0.05, 0.1) is 98.9 Å². The van der Waals surface area contributed by atoms with E-state index in [4.69, 9.17) is 80.0 Å². The van der Waals surface area contributed by atoms with Gasteiger partial charge < -0.3 is 38.2 Å². The Labute approximate surface area is 536 Å². The summed E-state index contributed by atoms with van der Waals surface area (Å²) in [6.07, 6.45) is 0. The van der Waals surface area contributed by atoms with Crippen LogP contribution >= 0.6 is 46.4 Å². The van der Waals surface area contributed by atoms with Crippen molar-refractivity contribution in [2.75, 3.05) is 133 Å². The van der Waals surface area contributed by atoms with Crippen LogP contribution in [-0.2, 0) is 81.6 Å². The van der Waals surface area contributed by atoms with Crippen LogP contribution in [0.25, 0.3) is 11.1 Å². The number of nitrogens with two attached hydrogens (primary N) is 1. The molecule has 0 spiro atoms. The third kappa shape index (κ3) is 19.4. The molecule has 88 heavy (non-hydrogen) atoms.